The Kier molecular flexibility index (Phi) is 2.60. The highest BCUT2D eigenvalue weighted by Crippen LogP contribution is 2.28. The topological polar surface area (TPSA) is 58.0 Å². The van der Waals surface area contributed by atoms with Gasteiger partial charge < -0.3 is 9.51 Å². The van der Waals surface area contributed by atoms with Crippen LogP contribution in [0, 0.1) is 6.92 Å². The Labute approximate surface area is 116 Å². The predicted octanol–water partition coefficient (Wildman–Crippen LogP) is 2.46. The van der Waals surface area contributed by atoms with E-state index in [4.69, 9.17) is 4.52 Å². The van der Waals surface area contributed by atoms with Gasteiger partial charge in [0.25, 0.3) is 0 Å². The van der Waals surface area contributed by atoms with Crippen LogP contribution in [0.1, 0.15) is 23.2 Å². The van der Waals surface area contributed by atoms with Crippen LogP contribution in [0.3, 0.4) is 0 Å². The Balaban J connectivity index is 1.43. The second-order valence-electron chi connectivity index (χ2n) is 5.46. The number of benzene rings is 1. The first-order valence-corrected chi connectivity index (χ1v) is 6.87. The summed E-state index contributed by atoms with van der Waals surface area (Å²) in [6, 6.07) is 10.2. The summed E-state index contributed by atoms with van der Waals surface area (Å²) in [7, 11) is 0. The number of nitrogens with one attached hydrogen (secondary N) is 1. The molecule has 0 atom stereocenters. The number of likely N-dealkylation sites (tertiary alicyclic amines) is 1. The fourth-order valence-electron chi connectivity index (χ4n) is 2.75. The van der Waals surface area contributed by atoms with E-state index in [0.717, 1.165) is 47.9 Å². The molecule has 1 N–H and O–H groups in total. The summed E-state index contributed by atoms with van der Waals surface area (Å²) in [5.41, 5.74) is 3.10. The molecule has 5 nitrogen and oxygen atoms in total. The number of H-pyrrole nitrogens is 1. The lowest BCUT2D eigenvalue weighted by atomic mass is 9.99. The first-order valence-electron chi connectivity index (χ1n) is 6.87. The third-order valence-electron chi connectivity index (χ3n) is 3.81. The van der Waals surface area contributed by atoms with Gasteiger partial charge in [0.05, 0.1) is 23.3 Å². The lowest BCUT2D eigenvalue weighted by Crippen LogP contribution is -2.44. The molecular weight excluding hydrogens is 252 g/mol. The van der Waals surface area contributed by atoms with E-state index in [-0.39, 0.29) is 0 Å². The Bertz CT molecular complexity index is 706. The standard InChI is InChI=1S/C15H16N4O/c1-10-6-12(20-18-10)9-19-7-11(8-19)15-16-13-4-2-3-5-14(13)17-15/h2-6,11H,7-9H2,1H3,(H,16,17). The normalized spacial score (nSPS) is 16.6. The quantitative estimate of drug-likeness (QED) is 0.792. The molecule has 0 amide bonds. The third-order valence-corrected chi connectivity index (χ3v) is 3.81. The van der Waals surface area contributed by atoms with Gasteiger partial charge >= 0.3 is 0 Å². The molecule has 0 bridgehead atoms. The van der Waals surface area contributed by atoms with Crippen LogP contribution >= 0.6 is 0 Å². The second kappa shape index (κ2) is 4.45. The van der Waals surface area contributed by atoms with Crippen molar-refractivity contribution in [2.24, 2.45) is 0 Å². The average molecular weight is 268 g/mol. The van der Waals surface area contributed by atoms with Gasteiger partial charge in [0.1, 0.15) is 5.82 Å². The van der Waals surface area contributed by atoms with Gasteiger partial charge in [0.15, 0.2) is 5.76 Å². The molecule has 1 fully saturated rings. The van der Waals surface area contributed by atoms with E-state index in [0.29, 0.717) is 5.92 Å². The van der Waals surface area contributed by atoms with Crippen molar-refractivity contribution >= 4 is 11.0 Å². The van der Waals surface area contributed by atoms with Crippen LogP contribution in [0.15, 0.2) is 34.9 Å². The van der Waals surface area contributed by atoms with Crippen LogP contribution in [-0.4, -0.2) is 33.1 Å². The number of para-hydroxylation sites is 2. The highest BCUT2D eigenvalue weighted by atomic mass is 16.5. The van der Waals surface area contributed by atoms with Gasteiger partial charge in [0.2, 0.25) is 0 Å². The molecule has 20 heavy (non-hydrogen) atoms. The van der Waals surface area contributed by atoms with Crippen molar-refractivity contribution in [3.63, 3.8) is 0 Å². The number of hydrogen-bond acceptors (Lipinski definition) is 4. The van der Waals surface area contributed by atoms with Crippen molar-refractivity contribution in [2.45, 2.75) is 19.4 Å². The zero-order valence-corrected chi connectivity index (χ0v) is 11.3. The number of imidazole rings is 1. The Morgan fingerprint density at radius 3 is 2.95 bits per heavy atom. The van der Waals surface area contributed by atoms with Crippen LogP contribution < -0.4 is 0 Å². The molecule has 1 saturated heterocycles. The van der Waals surface area contributed by atoms with E-state index in [9.17, 15) is 0 Å². The fraction of sp³-hybridized carbons (Fsp3) is 0.333. The summed E-state index contributed by atoms with van der Waals surface area (Å²) < 4.78 is 5.24. The van der Waals surface area contributed by atoms with Crippen LogP contribution in [-0.2, 0) is 6.54 Å². The molecular formula is C15H16N4O. The zero-order chi connectivity index (χ0) is 13.5. The summed E-state index contributed by atoms with van der Waals surface area (Å²) in [5.74, 6) is 2.52. The van der Waals surface area contributed by atoms with Crippen LogP contribution in [0.4, 0.5) is 0 Å². The minimum absolute atomic E-state index is 0.492. The average Bonchev–Trinajstić information content (AvgIpc) is 2.98. The monoisotopic (exact) mass is 268 g/mol. The van der Waals surface area contributed by atoms with Gasteiger partial charge in [0, 0.05) is 25.1 Å². The van der Waals surface area contributed by atoms with E-state index in [2.05, 4.69) is 26.1 Å². The molecule has 3 heterocycles. The molecule has 4 rings (SSSR count). The van der Waals surface area contributed by atoms with Crippen LogP contribution in [0.25, 0.3) is 11.0 Å². The smallest absolute Gasteiger partial charge is 0.150 e. The summed E-state index contributed by atoms with van der Waals surface area (Å²) >= 11 is 0. The van der Waals surface area contributed by atoms with Crippen molar-refractivity contribution in [1.29, 1.82) is 0 Å². The molecule has 102 valence electrons. The number of fused-ring (bicyclic) bond motifs is 1. The number of rotatable bonds is 3. The van der Waals surface area contributed by atoms with Crippen LogP contribution in [0.2, 0.25) is 0 Å². The second-order valence-corrected chi connectivity index (χ2v) is 5.46. The first kappa shape index (κ1) is 11.7. The highest BCUT2D eigenvalue weighted by molar-refractivity contribution is 5.74. The van der Waals surface area contributed by atoms with Crippen molar-refractivity contribution < 1.29 is 4.52 Å². The molecule has 0 saturated carbocycles. The summed E-state index contributed by atoms with van der Waals surface area (Å²) in [5, 5.41) is 3.91. The highest BCUT2D eigenvalue weighted by Gasteiger charge is 2.31. The van der Waals surface area contributed by atoms with Gasteiger partial charge in [-0.05, 0) is 19.1 Å². The third kappa shape index (κ3) is 2.00. The van der Waals surface area contributed by atoms with Crippen molar-refractivity contribution in [1.82, 2.24) is 20.0 Å². The molecule has 1 aromatic carbocycles. The number of aromatic amines is 1. The van der Waals surface area contributed by atoms with Crippen molar-refractivity contribution in [3.05, 3.63) is 47.6 Å². The number of nitrogens with zero attached hydrogens (tertiary/aromatic N) is 3. The van der Waals surface area contributed by atoms with E-state index >= 15 is 0 Å². The van der Waals surface area contributed by atoms with E-state index < -0.39 is 0 Å². The maximum Gasteiger partial charge on any atom is 0.150 e. The maximum absolute atomic E-state index is 5.24. The molecule has 5 heteroatoms. The predicted molar refractivity (Wildman–Crippen MR) is 75.4 cm³/mol. The fourth-order valence-corrected chi connectivity index (χ4v) is 2.75. The minimum atomic E-state index is 0.492. The Morgan fingerprint density at radius 1 is 1.35 bits per heavy atom. The van der Waals surface area contributed by atoms with E-state index in [1.165, 1.54) is 0 Å². The first-order chi connectivity index (χ1) is 9.78. The molecule has 0 radical (unpaired) electrons. The van der Waals surface area contributed by atoms with Crippen molar-refractivity contribution in [3.8, 4) is 0 Å². The molecule has 0 spiro atoms. The Morgan fingerprint density at radius 2 is 2.20 bits per heavy atom. The van der Waals surface area contributed by atoms with Gasteiger partial charge in [-0.1, -0.05) is 17.3 Å². The number of aryl methyl sites for hydroxylation is 1. The van der Waals surface area contributed by atoms with Gasteiger partial charge in [-0.15, -0.1) is 0 Å². The zero-order valence-electron chi connectivity index (χ0n) is 11.3. The SMILES string of the molecule is Cc1cc(CN2CC(c3nc4ccccc4[nH]3)C2)on1. The van der Waals surface area contributed by atoms with Crippen LogP contribution in [0.5, 0.6) is 0 Å². The maximum atomic E-state index is 5.24. The molecule has 0 unspecified atom stereocenters. The lowest BCUT2D eigenvalue weighted by molar-refractivity contribution is 0.121. The molecule has 1 aliphatic heterocycles. The molecule has 2 aromatic heterocycles. The van der Waals surface area contributed by atoms with Gasteiger partial charge in [-0.25, -0.2) is 4.98 Å². The van der Waals surface area contributed by atoms with Gasteiger partial charge in [-0.2, -0.15) is 0 Å². The van der Waals surface area contributed by atoms with E-state index in [1.807, 2.05) is 31.2 Å². The largest absolute Gasteiger partial charge is 0.360 e. The molecule has 0 aliphatic carbocycles. The van der Waals surface area contributed by atoms with Gasteiger partial charge in [-0.3, -0.25) is 4.90 Å². The number of aromatic nitrogens is 3. The summed E-state index contributed by atoms with van der Waals surface area (Å²) in [6.45, 7) is 4.80. The minimum Gasteiger partial charge on any atom is -0.360 e. The summed E-state index contributed by atoms with van der Waals surface area (Å²) in [6.07, 6.45) is 0. The lowest BCUT2D eigenvalue weighted by Gasteiger charge is -2.37. The molecule has 3 aromatic rings. The Hall–Kier alpha value is -2.14. The summed E-state index contributed by atoms with van der Waals surface area (Å²) in [4.78, 5) is 10.4. The van der Waals surface area contributed by atoms with Crippen molar-refractivity contribution in [2.75, 3.05) is 13.1 Å². The van der Waals surface area contributed by atoms with E-state index in [1.54, 1.807) is 0 Å². The molecule has 1 aliphatic rings. The number of hydrogen-bond donors (Lipinski definition) is 1.